The predicted octanol–water partition coefficient (Wildman–Crippen LogP) is 4.99. The number of nitrogens with zero attached hydrogens (tertiary/aromatic N) is 1. The topological polar surface area (TPSA) is 41.6 Å². The molecule has 0 heterocycles. The number of rotatable bonds is 7. The van der Waals surface area contributed by atoms with Crippen LogP contribution in [0.1, 0.15) is 52.6 Å². The quantitative estimate of drug-likeness (QED) is 0.702. The molecule has 4 nitrogen and oxygen atoms in total. The molecule has 0 saturated carbocycles. The van der Waals surface area contributed by atoms with Crippen molar-refractivity contribution in [3.05, 3.63) is 34.3 Å². The summed E-state index contributed by atoms with van der Waals surface area (Å²) in [5.41, 5.74) is 0.820. The Morgan fingerprint density at radius 1 is 1.38 bits per heavy atom. The number of carbonyl (C=O) groups excluding carboxylic acids is 1. The molecule has 1 aromatic carbocycles. The molecule has 1 aromatic rings. The van der Waals surface area contributed by atoms with Crippen LogP contribution in [0.25, 0.3) is 0 Å². The third kappa shape index (κ3) is 7.67. The van der Waals surface area contributed by atoms with Crippen LogP contribution in [-0.2, 0) is 4.74 Å². The van der Waals surface area contributed by atoms with Gasteiger partial charge in [-0.2, -0.15) is 0 Å². The summed E-state index contributed by atoms with van der Waals surface area (Å²) in [5.74, 6) is 0.337. The Morgan fingerprint density at radius 3 is 2.58 bits per heavy atom. The highest BCUT2D eigenvalue weighted by molar-refractivity contribution is 9.10. The van der Waals surface area contributed by atoms with E-state index in [1.54, 1.807) is 11.9 Å². The standard InChI is InChI=1S/C19H31BrN2O2/c1-7-17(15-9-8-10-16(20)11-15)21-12-14(2)13-22(6)18(23)24-19(3,4)5/h8-11,14,17,21H,7,12-13H2,1-6H3. The average molecular weight is 399 g/mol. The molecule has 0 radical (unpaired) electrons. The van der Waals surface area contributed by atoms with Gasteiger partial charge in [0.05, 0.1) is 0 Å². The van der Waals surface area contributed by atoms with E-state index < -0.39 is 5.60 Å². The van der Waals surface area contributed by atoms with Gasteiger partial charge in [-0.3, -0.25) is 0 Å². The van der Waals surface area contributed by atoms with Crippen molar-refractivity contribution < 1.29 is 9.53 Å². The zero-order chi connectivity index (χ0) is 18.3. The van der Waals surface area contributed by atoms with Gasteiger partial charge in [0, 0.05) is 24.1 Å². The summed E-state index contributed by atoms with van der Waals surface area (Å²) in [6.07, 6.45) is 0.749. The lowest BCUT2D eigenvalue weighted by Crippen LogP contribution is -2.39. The van der Waals surface area contributed by atoms with Crippen molar-refractivity contribution in [1.29, 1.82) is 0 Å². The second-order valence-electron chi connectivity index (χ2n) is 7.39. The first-order valence-electron chi connectivity index (χ1n) is 8.55. The summed E-state index contributed by atoms with van der Waals surface area (Å²) in [5, 5.41) is 3.61. The monoisotopic (exact) mass is 398 g/mol. The number of ether oxygens (including phenoxy) is 1. The fourth-order valence-electron chi connectivity index (χ4n) is 2.51. The number of halogens is 1. The largest absolute Gasteiger partial charge is 0.444 e. The molecule has 136 valence electrons. The fourth-order valence-corrected chi connectivity index (χ4v) is 2.93. The highest BCUT2D eigenvalue weighted by atomic mass is 79.9. The van der Waals surface area contributed by atoms with E-state index in [2.05, 4.69) is 53.3 Å². The maximum Gasteiger partial charge on any atom is 0.410 e. The van der Waals surface area contributed by atoms with Gasteiger partial charge in [-0.05, 0) is 57.4 Å². The van der Waals surface area contributed by atoms with E-state index in [0.29, 0.717) is 18.5 Å². The number of hydrogen-bond acceptors (Lipinski definition) is 3. The Bertz CT molecular complexity index is 528. The molecular weight excluding hydrogens is 368 g/mol. The van der Waals surface area contributed by atoms with Gasteiger partial charge in [0.15, 0.2) is 0 Å². The van der Waals surface area contributed by atoms with Crippen LogP contribution in [0.2, 0.25) is 0 Å². The van der Waals surface area contributed by atoms with Gasteiger partial charge in [0.25, 0.3) is 0 Å². The van der Waals surface area contributed by atoms with Crippen LogP contribution in [0.3, 0.4) is 0 Å². The lowest BCUT2D eigenvalue weighted by atomic mass is 10.0. The molecule has 0 aliphatic heterocycles. The molecule has 0 aliphatic carbocycles. The summed E-state index contributed by atoms with van der Waals surface area (Å²) >= 11 is 3.53. The van der Waals surface area contributed by atoms with Crippen molar-refractivity contribution in [2.24, 2.45) is 5.92 Å². The van der Waals surface area contributed by atoms with E-state index in [4.69, 9.17) is 4.74 Å². The zero-order valence-corrected chi connectivity index (χ0v) is 17.3. The molecule has 2 unspecified atom stereocenters. The Morgan fingerprint density at radius 2 is 2.04 bits per heavy atom. The van der Waals surface area contributed by atoms with Crippen molar-refractivity contribution in [2.45, 2.75) is 52.7 Å². The molecule has 0 aliphatic rings. The summed E-state index contributed by atoms with van der Waals surface area (Å²) in [6, 6.07) is 8.71. The Kier molecular flexibility index (Phi) is 8.23. The van der Waals surface area contributed by atoms with Crippen LogP contribution in [0.4, 0.5) is 4.79 Å². The minimum Gasteiger partial charge on any atom is -0.444 e. The van der Waals surface area contributed by atoms with Gasteiger partial charge in [-0.15, -0.1) is 0 Å². The number of benzene rings is 1. The Balaban J connectivity index is 2.49. The first-order chi connectivity index (χ1) is 11.1. The molecule has 1 N–H and O–H groups in total. The maximum atomic E-state index is 12.0. The van der Waals surface area contributed by atoms with Crippen LogP contribution in [0, 0.1) is 5.92 Å². The highest BCUT2D eigenvalue weighted by Gasteiger charge is 2.21. The summed E-state index contributed by atoms with van der Waals surface area (Å²) < 4.78 is 6.49. The normalized spacial score (nSPS) is 14.1. The molecule has 2 atom stereocenters. The van der Waals surface area contributed by atoms with E-state index in [-0.39, 0.29) is 6.09 Å². The van der Waals surface area contributed by atoms with Crippen LogP contribution in [-0.4, -0.2) is 36.7 Å². The first kappa shape index (κ1) is 21.0. The van der Waals surface area contributed by atoms with Crippen molar-refractivity contribution >= 4 is 22.0 Å². The predicted molar refractivity (Wildman–Crippen MR) is 103 cm³/mol. The van der Waals surface area contributed by atoms with Crippen molar-refractivity contribution in [3.8, 4) is 0 Å². The summed E-state index contributed by atoms with van der Waals surface area (Å²) in [6.45, 7) is 11.5. The minimum atomic E-state index is -0.458. The Hall–Kier alpha value is -1.07. The van der Waals surface area contributed by atoms with Crippen molar-refractivity contribution in [3.63, 3.8) is 0 Å². The molecule has 1 rings (SSSR count). The number of amides is 1. The van der Waals surface area contributed by atoms with Gasteiger partial charge in [-0.25, -0.2) is 4.79 Å². The van der Waals surface area contributed by atoms with E-state index in [1.807, 2.05) is 26.8 Å². The molecule has 0 fully saturated rings. The lowest BCUT2D eigenvalue weighted by Gasteiger charge is -2.27. The second kappa shape index (κ2) is 9.42. The van der Waals surface area contributed by atoms with E-state index in [0.717, 1.165) is 17.4 Å². The summed E-state index contributed by atoms with van der Waals surface area (Å²) in [7, 11) is 1.79. The van der Waals surface area contributed by atoms with Crippen LogP contribution >= 0.6 is 15.9 Å². The molecule has 24 heavy (non-hydrogen) atoms. The Labute approximate surface area is 155 Å². The lowest BCUT2D eigenvalue weighted by molar-refractivity contribution is 0.0276. The van der Waals surface area contributed by atoms with Gasteiger partial charge in [0.1, 0.15) is 5.60 Å². The van der Waals surface area contributed by atoms with Crippen molar-refractivity contribution in [1.82, 2.24) is 10.2 Å². The molecule has 0 spiro atoms. The van der Waals surface area contributed by atoms with Gasteiger partial charge < -0.3 is 15.0 Å². The molecular formula is C19H31BrN2O2. The van der Waals surface area contributed by atoms with Gasteiger partial charge >= 0.3 is 6.09 Å². The van der Waals surface area contributed by atoms with Crippen LogP contribution < -0.4 is 5.32 Å². The van der Waals surface area contributed by atoms with E-state index in [9.17, 15) is 4.79 Å². The number of hydrogen-bond donors (Lipinski definition) is 1. The zero-order valence-electron chi connectivity index (χ0n) is 15.7. The number of nitrogens with one attached hydrogen (secondary N) is 1. The maximum absolute atomic E-state index is 12.0. The van der Waals surface area contributed by atoms with Gasteiger partial charge in [0.2, 0.25) is 0 Å². The van der Waals surface area contributed by atoms with Crippen molar-refractivity contribution in [2.75, 3.05) is 20.1 Å². The molecule has 0 saturated heterocycles. The smallest absolute Gasteiger partial charge is 0.410 e. The number of carbonyl (C=O) groups is 1. The average Bonchev–Trinajstić information content (AvgIpc) is 2.46. The minimum absolute atomic E-state index is 0.270. The fraction of sp³-hybridized carbons (Fsp3) is 0.632. The third-order valence-electron chi connectivity index (χ3n) is 3.66. The third-order valence-corrected chi connectivity index (χ3v) is 4.16. The molecule has 0 aromatic heterocycles. The van der Waals surface area contributed by atoms with Crippen LogP contribution in [0.15, 0.2) is 28.7 Å². The van der Waals surface area contributed by atoms with Crippen LogP contribution in [0.5, 0.6) is 0 Å². The molecule has 1 amide bonds. The molecule has 0 bridgehead atoms. The highest BCUT2D eigenvalue weighted by Crippen LogP contribution is 2.21. The molecule has 5 heteroatoms. The SMILES string of the molecule is CCC(NCC(C)CN(C)C(=O)OC(C)(C)C)c1cccc(Br)c1. The van der Waals surface area contributed by atoms with E-state index >= 15 is 0 Å². The van der Waals surface area contributed by atoms with Gasteiger partial charge in [-0.1, -0.05) is 41.9 Å². The summed E-state index contributed by atoms with van der Waals surface area (Å²) in [4.78, 5) is 13.7. The van der Waals surface area contributed by atoms with E-state index in [1.165, 1.54) is 5.56 Å². The second-order valence-corrected chi connectivity index (χ2v) is 8.31. The first-order valence-corrected chi connectivity index (χ1v) is 9.34.